The molecule has 2 atom stereocenters. The van der Waals surface area contributed by atoms with Gasteiger partial charge in [-0.3, -0.25) is 9.59 Å². The molecule has 0 bridgehead atoms. The van der Waals surface area contributed by atoms with Crippen LogP contribution in [0.3, 0.4) is 0 Å². The molecule has 0 spiro atoms. The molecule has 0 aromatic heterocycles. The molecule has 0 saturated heterocycles. The highest BCUT2D eigenvalue weighted by Crippen LogP contribution is 2.36. The van der Waals surface area contributed by atoms with Gasteiger partial charge in [-0.25, -0.2) is 4.79 Å². The molecule has 0 aliphatic heterocycles. The minimum atomic E-state index is -0.800. The number of hydrogen-bond acceptors (Lipinski definition) is 4. The molecule has 2 aliphatic carbocycles. The number of hydrogen-bond donors (Lipinski definition) is 2. The summed E-state index contributed by atoms with van der Waals surface area (Å²) in [5.74, 6) is -0.529. The first kappa shape index (κ1) is 29.0. The van der Waals surface area contributed by atoms with Crippen molar-refractivity contribution in [2.75, 3.05) is 0 Å². The van der Waals surface area contributed by atoms with E-state index >= 15 is 0 Å². The molecule has 3 amide bonds. The Morgan fingerprint density at radius 1 is 0.973 bits per heavy atom. The number of rotatable bonds is 8. The fourth-order valence-electron chi connectivity index (χ4n) is 5.31. The van der Waals surface area contributed by atoms with Crippen LogP contribution in [0, 0.1) is 19.8 Å². The highest BCUT2D eigenvalue weighted by atomic mass is 16.6. The van der Waals surface area contributed by atoms with Gasteiger partial charge in [0, 0.05) is 12.1 Å². The average Bonchev–Trinajstić information content (AvgIpc) is 2.77. The second-order valence-corrected chi connectivity index (χ2v) is 12.2. The van der Waals surface area contributed by atoms with E-state index in [1.807, 2.05) is 45.9 Å². The number of alkyl carbamates (subject to hydrolysis) is 1. The molecular weight excluding hydrogens is 466 g/mol. The second kappa shape index (κ2) is 12.3. The molecule has 2 aliphatic rings. The highest BCUT2D eigenvalue weighted by molar-refractivity contribution is 5.93. The zero-order chi connectivity index (χ0) is 27.3. The van der Waals surface area contributed by atoms with E-state index in [0.717, 1.165) is 61.6 Å². The lowest BCUT2D eigenvalue weighted by atomic mass is 9.85. The van der Waals surface area contributed by atoms with Gasteiger partial charge in [0.1, 0.15) is 17.7 Å². The van der Waals surface area contributed by atoms with Crippen molar-refractivity contribution in [2.24, 2.45) is 5.92 Å². The van der Waals surface area contributed by atoms with Crippen LogP contribution < -0.4 is 10.6 Å². The lowest BCUT2D eigenvalue weighted by Gasteiger charge is -2.45. The van der Waals surface area contributed by atoms with E-state index in [2.05, 4.69) is 10.6 Å². The minimum absolute atomic E-state index is 0.0452. The molecule has 1 aromatic carbocycles. The normalized spacial score (nSPS) is 18.5. The monoisotopic (exact) mass is 513 g/mol. The Bertz CT molecular complexity index is 958. The van der Waals surface area contributed by atoms with Crippen LogP contribution in [-0.4, -0.2) is 46.5 Å². The van der Waals surface area contributed by atoms with E-state index in [1.54, 1.807) is 25.7 Å². The Labute approximate surface area is 223 Å². The molecule has 206 valence electrons. The Kier molecular flexibility index (Phi) is 9.65. The van der Waals surface area contributed by atoms with Gasteiger partial charge in [0.2, 0.25) is 11.8 Å². The summed E-state index contributed by atoms with van der Waals surface area (Å²) in [6.07, 6.45) is 7.45. The first-order valence-electron chi connectivity index (χ1n) is 14.1. The van der Waals surface area contributed by atoms with Crippen LogP contribution >= 0.6 is 0 Å². The molecule has 7 nitrogen and oxygen atoms in total. The number of amides is 3. The number of ether oxygens (including phenoxy) is 1. The summed E-state index contributed by atoms with van der Waals surface area (Å²) < 4.78 is 5.48. The Hall–Kier alpha value is -2.57. The first-order chi connectivity index (χ1) is 17.4. The van der Waals surface area contributed by atoms with E-state index < -0.39 is 23.8 Å². The zero-order valence-corrected chi connectivity index (χ0v) is 23.9. The number of benzene rings is 1. The van der Waals surface area contributed by atoms with Gasteiger partial charge < -0.3 is 20.3 Å². The molecule has 2 unspecified atom stereocenters. The van der Waals surface area contributed by atoms with Gasteiger partial charge in [0.15, 0.2) is 0 Å². The van der Waals surface area contributed by atoms with Crippen LogP contribution in [0.25, 0.3) is 0 Å². The van der Waals surface area contributed by atoms with Crippen molar-refractivity contribution in [3.8, 4) is 0 Å². The van der Waals surface area contributed by atoms with Crippen molar-refractivity contribution < 1.29 is 19.1 Å². The third-order valence-electron chi connectivity index (χ3n) is 7.75. The van der Waals surface area contributed by atoms with Gasteiger partial charge in [-0.05, 0) is 89.3 Å². The number of aryl methyl sites for hydroxylation is 1. The average molecular weight is 514 g/mol. The van der Waals surface area contributed by atoms with E-state index in [0.29, 0.717) is 0 Å². The first-order valence-corrected chi connectivity index (χ1v) is 14.1. The number of carbonyl (C=O) groups excluding carboxylic acids is 3. The third kappa shape index (κ3) is 7.48. The molecule has 0 heterocycles. The molecule has 7 heteroatoms. The van der Waals surface area contributed by atoms with Crippen LogP contribution in [0.5, 0.6) is 0 Å². The highest BCUT2D eigenvalue weighted by Gasteiger charge is 2.43. The maximum atomic E-state index is 14.3. The number of nitrogens with zero attached hydrogens (tertiary/aromatic N) is 1. The lowest BCUT2D eigenvalue weighted by Crippen LogP contribution is -2.59. The quantitative estimate of drug-likeness (QED) is 0.465. The molecule has 3 rings (SSSR count). The van der Waals surface area contributed by atoms with E-state index in [4.69, 9.17) is 4.74 Å². The smallest absolute Gasteiger partial charge is 0.408 e. The summed E-state index contributed by atoms with van der Waals surface area (Å²) in [6, 6.07) is 4.50. The van der Waals surface area contributed by atoms with Crippen molar-refractivity contribution in [3.05, 3.63) is 34.9 Å². The number of nitrogens with one attached hydrogen (secondary N) is 2. The van der Waals surface area contributed by atoms with Crippen LogP contribution in [0.2, 0.25) is 0 Å². The van der Waals surface area contributed by atoms with Gasteiger partial charge in [-0.2, -0.15) is 0 Å². The summed E-state index contributed by atoms with van der Waals surface area (Å²) >= 11 is 0. The second-order valence-electron chi connectivity index (χ2n) is 12.2. The molecule has 37 heavy (non-hydrogen) atoms. The third-order valence-corrected chi connectivity index (χ3v) is 7.75. The minimum Gasteiger partial charge on any atom is -0.444 e. The van der Waals surface area contributed by atoms with E-state index in [-0.39, 0.29) is 29.8 Å². The Balaban J connectivity index is 2.00. The lowest BCUT2D eigenvalue weighted by molar-refractivity contribution is -0.148. The molecule has 0 radical (unpaired) electrons. The fraction of sp³-hybridized carbons (Fsp3) is 0.700. The Morgan fingerprint density at radius 2 is 1.62 bits per heavy atom. The van der Waals surface area contributed by atoms with Gasteiger partial charge >= 0.3 is 6.09 Å². The van der Waals surface area contributed by atoms with Crippen molar-refractivity contribution in [2.45, 2.75) is 130 Å². The maximum absolute atomic E-state index is 14.3. The van der Waals surface area contributed by atoms with Crippen LogP contribution in [0.4, 0.5) is 4.79 Å². The summed E-state index contributed by atoms with van der Waals surface area (Å²) in [7, 11) is 0. The predicted molar refractivity (Wildman–Crippen MR) is 146 cm³/mol. The van der Waals surface area contributed by atoms with Crippen LogP contribution in [-0.2, 0) is 14.3 Å². The van der Waals surface area contributed by atoms with E-state index in [9.17, 15) is 14.4 Å². The summed E-state index contributed by atoms with van der Waals surface area (Å²) in [6.45, 7) is 13.3. The van der Waals surface area contributed by atoms with Gasteiger partial charge in [0.25, 0.3) is 0 Å². The zero-order valence-electron chi connectivity index (χ0n) is 23.9. The maximum Gasteiger partial charge on any atom is 0.408 e. The largest absolute Gasteiger partial charge is 0.444 e. The van der Waals surface area contributed by atoms with Gasteiger partial charge in [0.05, 0.1) is 0 Å². The molecule has 2 fully saturated rings. The molecule has 2 N–H and O–H groups in total. The topological polar surface area (TPSA) is 87.7 Å². The van der Waals surface area contributed by atoms with Crippen molar-refractivity contribution in [3.63, 3.8) is 0 Å². The van der Waals surface area contributed by atoms with Crippen LogP contribution in [0.15, 0.2) is 18.2 Å². The SMILES string of the molecule is Cc1cccc(C(C(=O)NC2CCCCC2)N(C(=O)C(NC(=O)OC(C)(C)C)C(C)C)C2CCC2)c1C. The number of carbonyl (C=O) groups is 3. The summed E-state index contributed by atoms with van der Waals surface area (Å²) in [5, 5.41) is 6.12. The predicted octanol–water partition coefficient (Wildman–Crippen LogP) is 5.72. The fourth-order valence-corrected chi connectivity index (χ4v) is 5.31. The summed E-state index contributed by atoms with van der Waals surface area (Å²) in [5.41, 5.74) is 2.28. The van der Waals surface area contributed by atoms with E-state index in [1.165, 1.54) is 6.42 Å². The molecular formula is C30H47N3O4. The Morgan fingerprint density at radius 3 is 2.16 bits per heavy atom. The van der Waals surface area contributed by atoms with Gasteiger partial charge in [-0.15, -0.1) is 0 Å². The molecule has 2 saturated carbocycles. The standard InChI is InChI=1S/C30H47N3O4/c1-19(2)25(32-29(36)37-30(5,6)7)28(35)33(23-16-12-17-23)26(24-18-11-13-20(3)21(24)4)27(34)31-22-14-9-8-10-15-22/h11,13,18-19,22-23,25-26H,8-10,12,14-17H2,1-7H3,(H,31,34)(H,32,36). The van der Waals surface area contributed by atoms with Crippen molar-refractivity contribution >= 4 is 17.9 Å². The van der Waals surface area contributed by atoms with Gasteiger partial charge in [-0.1, -0.05) is 51.3 Å². The molecule has 1 aromatic rings. The summed E-state index contributed by atoms with van der Waals surface area (Å²) in [4.78, 5) is 42.8. The van der Waals surface area contributed by atoms with Crippen molar-refractivity contribution in [1.29, 1.82) is 0 Å². The van der Waals surface area contributed by atoms with Crippen LogP contribution in [0.1, 0.15) is 109 Å². The van der Waals surface area contributed by atoms with Crippen molar-refractivity contribution in [1.82, 2.24) is 15.5 Å².